The Hall–Kier alpha value is -1.70. The molecule has 2 aromatic rings. The highest BCUT2D eigenvalue weighted by atomic mass is 35.5. The van der Waals surface area contributed by atoms with Crippen LogP contribution < -0.4 is 4.90 Å². The number of hydrogen-bond acceptors (Lipinski definition) is 6. The van der Waals surface area contributed by atoms with Crippen molar-refractivity contribution >= 4 is 45.6 Å². The van der Waals surface area contributed by atoms with E-state index in [0.717, 1.165) is 26.2 Å². The van der Waals surface area contributed by atoms with Crippen molar-refractivity contribution in [3.63, 3.8) is 0 Å². The second-order valence-corrected chi connectivity index (χ2v) is 5.90. The van der Waals surface area contributed by atoms with E-state index in [4.69, 9.17) is 23.2 Å². The predicted molar refractivity (Wildman–Crippen MR) is 85.9 cm³/mol. The van der Waals surface area contributed by atoms with Gasteiger partial charge < -0.3 is 9.80 Å². The highest BCUT2D eigenvalue weighted by Gasteiger charge is 2.24. The van der Waals surface area contributed by atoms with E-state index in [0.29, 0.717) is 16.7 Å². The molecule has 1 fully saturated rings. The first kappa shape index (κ1) is 15.2. The Balaban J connectivity index is 2.12. The summed E-state index contributed by atoms with van der Waals surface area (Å²) in [6, 6.07) is 3.06. The van der Waals surface area contributed by atoms with Crippen molar-refractivity contribution in [1.82, 2.24) is 14.9 Å². The van der Waals surface area contributed by atoms with Gasteiger partial charge in [-0.05, 0) is 13.1 Å². The van der Waals surface area contributed by atoms with Gasteiger partial charge in [0, 0.05) is 32.2 Å². The Morgan fingerprint density at radius 2 is 1.64 bits per heavy atom. The second-order valence-electron chi connectivity index (χ2n) is 5.18. The molecule has 1 saturated heterocycles. The van der Waals surface area contributed by atoms with E-state index in [1.165, 1.54) is 6.07 Å². The zero-order chi connectivity index (χ0) is 15.9. The maximum absolute atomic E-state index is 11.4. The van der Waals surface area contributed by atoms with Crippen LogP contribution in [0.1, 0.15) is 0 Å². The summed E-state index contributed by atoms with van der Waals surface area (Å²) in [6.45, 7) is 3.14. The van der Waals surface area contributed by atoms with Crippen molar-refractivity contribution in [3.8, 4) is 0 Å². The molecule has 0 amide bonds. The Bertz CT molecular complexity index is 747. The number of nitro benzene ring substituents is 1. The van der Waals surface area contributed by atoms with Crippen LogP contribution in [-0.4, -0.2) is 53.0 Å². The Labute approximate surface area is 136 Å². The van der Waals surface area contributed by atoms with Crippen LogP contribution in [0, 0.1) is 10.1 Å². The van der Waals surface area contributed by atoms with E-state index in [-0.39, 0.29) is 16.0 Å². The summed E-state index contributed by atoms with van der Waals surface area (Å²) in [4.78, 5) is 23.4. The van der Waals surface area contributed by atoms with Gasteiger partial charge in [-0.1, -0.05) is 23.2 Å². The van der Waals surface area contributed by atoms with Crippen LogP contribution in [0.15, 0.2) is 12.1 Å². The third-order valence-corrected chi connectivity index (χ3v) is 4.34. The van der Waals surface area contributed by atoms with Crippen molar-refractivity contribution in [2.45, 2.75) is 0 Å². The average Bonchev–Trinajstić information content (AvgIpc) is 2.48. The Morgan fingerprint density at radius 3 is 2.18 bits per heavy atom. The van der Waals surface area contributed by atoms with E-state index in [9.17, 15) is 10.1 Å². The molecule has 7 nitrogen and oxygen atoms in total. The first-order valence-electron chi connectivity index (χ1n) is 6.70. The molecule has 0 N–H and O–H groups in total. The molecular weight excluding hydrogens is 329 g/mol. The number of nitro groups is 1. The Kier molecular flexibility index (Phi) is 4.03. The van der Waals surface area contributed by atoms with E-state index in [2.05, 4.69) is 14.9 Å². The molecule has 0 aliphatic carbocycles. The lowest BCUT2D eigenvalue weighted by atomic mass is 10.2. The molecule has 116 valence electrons. The quantitative estimate of drug-likeness (QED) is 0.617. The van der Waals surface area contributed by atoms with Crippen molar-refractivity contribution in [2.24, 2.45) is 0 Å². The molecule has 0 spiro atoms. The largest absolute Gasteiger partial charge is 0.363 e. The number of anilines is 1. The predicted octanol–water partition coefficient (Wildman–Crippen LogP) is 2.60. The molecule has 3 rings (SSSR count). The molecule has 0 radical (unpaired) electrons. The standard InChI is InChI=1S/C13H13Cl2N5O2/c1-18-2-4-19(5-3-18)10-6-8-9(7-11(10)20(21)22)17-13(15)12(14)16-8/h6-7H,2-5H2,1H3. The van der Waals surface area contributed by atoms with E-state index in [1.54, 1.807) is 6.07 Å². The summed E-state index contributed by atoms with van der Waals surface area (Å²) < 4.78 is 0. The van der Waals surface area contributed by atoms with Crippen molar-refractivity contribution in [2.75, 3.05) is 38.1 Å². The molecule has 1 aromatic carbocycles. The van der Waals surface area contributed by atoms with E-state index >= 15 is 0 Å². The van der Waals surface area contributed by atoms with Gasteiger partial charge in [0.15, 0.2) is 10.3 Å². The van der Waals surface area contributed by atoms with Gasteiger partial charge in [0.1, 0.15) is 5.69 Å². The van der Waals surface area contributed by atoms with E-state index < -0.39 is 4.92 Å². The van der Waals surface area contributed by atoms with Gasteiger partial charge in [0.25, 0.3) is 5.69 Å². The average molecular weight is 342 g/mol. The van der Waals surface area contributed by atoms with Gasteiger partial charge in [-0.2, -0.15) is 0 Å². The first-order chi connectivity index (χ1) is 10.5. The maximum Gasteiger partial charge on any atom is 0.294 e. The molecule has 1 aliphatic rings. The van der Waals surface area contributed by atoms with Gasteiger partial charge in [-0.3, -0.25) is 10.1 Å². The molecule has 0 unspecified atom stereocenters. The van der Waals surface area contributed by atoms with Crippen LogP contribution >= 0.6 is 23.2 Å². The summed E-state index contributed by atoms with van der Waals surface area (Å²) >= 11 is 11.7. The summed E-state index contributed by atoms with van der Waals surface area (Å²) in [5.41, 5.74) is 1.40. The first-order valence-corrected chi connectivity index (χ1v) is 7.46. The molecular formula is C13H13Cl2N5O2. The van der Waals surface area contributed by atoms with Crippen LogP contribution in [0.3, 0.4) is 0 Å². The lowest BCUT2D eigenvalue weighted by molar-refractivity contribution is -0.384. The smallest absolute Gasteiger partial charge is 0.294 e. The number of benzene rings is 1. The fourth-order valence-electron chi connectivity index (χ4n) is 2.48. The minimum Gasteiger partial charge on any atom is -0.363 e. The van der Waals surface area contributed by atoms with Gasteiger partial charge in [0.2, 0.25) is 0 Å². The molecule has 0 atom stereocenters. The van der Waals surface area contributed by atoms with Gasteiger partial charge >= 0.3 is 0 Å². The van der Waals surface area contributed by atoms with Crippen LogP contribution in [0.2, 0.25) is 10.3 Å². The fraction of sp³-hybridized carbons (Fsp3) is 0.385. The Morgan fingerprint density at radius 1 is 1.09 bits per heavy atom. The molecule has 0 saturated carbocycles. The number of piperazine rings is 1. The molecule has 1 aliphatic heterocycles. The summed E-state index contributed by atoms with van der Waals surface area (Å²) in [5.74, 6) is 0. The third-order valence-electron chi connectivity index (χ3n) is 3.72. The number of nitrogens with zero attached hydrogens (tertiary/aromatic N) is 5. The van der Waals surface area contributed by atoms with Crippen LogP contribution in [0.5, 0.6) is 0 Å². The van der Waals surface area contributed by atoms with Crippen LogP contribution in [0.4, 0.5) is 11.4 Å². The van der Waals surface area contributed by atoms with Gasteiger partial charge in [-0.25, -0.2) is 9.97 Å². The maximum atomic E-state index is 11.4. The number of fused-ring (bicyclic) bond motifs is 1. The van der Waals surface area contributed by atoms with Crippen LogP contribution in [-0.2, 0) is 0 Å². The summed E-state index contributed by atoms with van der Waals surface area (Å²) in [5, 5.41) is 11.5. The monoisotopic (exact) mass is 341 g/mol. The minimum absolute atomic E-state index is 0.00439. The second kappa shape index (κ2) is 5.83. The third kappa shape index (κ3) is 2.79. The summed E-state index contributed by atoms with van der Waals surface area (Å²) in [7, 11) is 2.03. The summed E-state index contributed by atoms with van der Waals surface area (Å²) in [6.07, 6.45) is 0. The van der Waals surface area contributed by atoms with Gasteiger partial charge in [-0.15, -0.1) is 0 Å². The SMILES string of the molecule is CN1CCN(c2cc3nc(Cl)c(Cl)nc3cc2[N+](=O)[O-])CC1. The lowest BCUT2D eigenvalue weighted by Gasteiger charge is -2.33. The topological polar surface area (TPSA) is 75.4 Å². The number of hydrogen-bond donors (Lipinski definition) is 0. The molecule has 0 bridgehead atoms. The number of halogens is 2. The number of rotatable bonds is 2. The molecule has 2 heterocycles. The number of aromatic nitrogens is 2. The fourth-order valence-corrected chi connectivity index (χ4v) is 2.75. The van der Waals surface area contributed by atoms with E-state index in [1.807, 2.05) is 11.9 Å². The van der Waals surface area contributed by atoms with Crippen molar-refractivity contribution < 1.29 is 4.92 Å². The normalized spacial score (nSPS) is 16.2. The zero-order valence-electron chi connectivity index (χ0n) is 11.8. The lowest BCUT2D eigenvalue weighted by Crippen LogP contribution is -2.44. The minimum atomic E-state index is -0.405. The van der Waals surface area contributed by atoms with Crippen LogP contribution in [0.25, 0.3) is 11.0 Å². The molecule has 22 heavy (non-hydrogen) atoms. The molecule has 1 aromatic heterocycles. The zero-order valence-corrected chi connectivity index (χ0v) is 13.3. The van der Waals surface area contributed by atoms with Crippen molar-refractivity contribution in [3.05, 3.63) is 32.6 Å². The molecule has 9 heteroatoms. The highest BCUT2D eigenvalue weighted by Crippen LogP contribution is 2.33. The van der Waals surface area contributed by atoms with Gasteiger partial charge in [0.05, 0.1) is 16.0 Å². The van der Waals surface area contributed by atoms with Crippen molar-refractivity contribution in [1.29, 1.82) is 0 Å². The highest BCUT2D eigenvalue weighted by molar-refractivity contribution is 6.40. The number of likely N-dealkylation sites (N-methyl/N-ethyl adjacent to an activating group) is 1.